The summed E-state index contributed by atoms with van der Waals surface area (Å²) >= 11 is 0. The molecule has 0 amide bonds. The van der Waals surface area contributed by atoms with Crippen molar-refractivity contribution in [3.8, 4) is 5.75 Å². The van der Waals surface area contributed by atoms with Crippen molar-refractivity contribution in [2.45, 2.75) is 70.1 Å². The van der Waals surface area contributed by atoms with E-state index in [-0.39, 0.29) is 5.25 Å². The lowest BCUT2D eigenvalue weighted by molar-refractivity contribution is 0.210. The Kier molecular flexibility index (Phi) is 8.03. The Labute approximate surface area is 152 Å². The minimum absolute atomic E-state index is 0.368. The first-order valence-corrected chi connectivity index (χ1v) is 11.0. The van der Waals surface area contributed by atoms with Crippen molar-refractivity contribution >= 4 is 15.7 Å². The second-order valence-electron chi connectivity index (χ2n) is 7.03. The molecule has 6 heteroatoms. The molecule has 0 aliphatic heterocycles. The number of hydrogen-bond acceptors (Lipinski definition) is 4. The van der Waals surface area contributed by atoms with E-state index in [1.807, 2.05) is 12.1 Å². The van der Waals surface area contributed by atoms with Crippen molar-refractivity contribution in [2.24, 2.45) is 0 Å². The van der Waals surface area contributed by atoms with Crippen LogP contribution in [-0.4, -0.2) is 32.9 Å². The summed E-state index contributed by atoms with van der Waals surface area (Å²) in [6.07, 6.45) is 8.12. The molecule has 1 aromatic rings. The number of unbranched alkanes of at least 4 members (excludes halogenated alkanes) is 2. The molecule has 0 radical (unpaired) electrons. The van der Waals surface area contributed by atoms with Gasteiger partial charge in [0.25, 0.3) is 0 Å². The molecule has 1 fully saturated rings. The minimum Gasteiger partial charge on any atom is -0.490 e. The van der Waals surface area contributed by atoms with E-state index in [0.717, 1.165) is 50.1 Å². The van der Waals surface area contributed by atoms with E-state index in [4.69, 9.17) is 4.74 Å². The van der Waals surface area contributed by atoms with Crippen LogP contribution in [0.1, 0.15) is 58.8 Å². The van der Waals surface area contributed by atoms with E-state index in [9.17, 15) is 8.42 Å². The fourth-order valence-corrected chi connectivity index (χ4v) is 3.68. The molecule has 142 valence electrons. The van der Waals surface area contributed by atoms with Crippen molar-refractivity contribution in [3.63, 3.8) is 0 Å². The van der Waals surface area contributed by atoms with Gasteiger partial charge in [-0.3, -0.25) is 0 Å². The molecule has 0 bridgehead atoms. The number of rotatable bonds is 11. The Bertz CT molecular complexity index is 611. The summed E-state index contributed by atoms with van der Waals surface area (Å²) in [6, 6.07) is 8.16. The number of nitrogens with one attached hydrogen (secondary N) is 2. The summed E-state index contributed by atoms with van der Waals surface area (Å²) in [5.41, 5.74) is 1.08. The maximum Gasteiger partial charge on any atom is 0.213 e. The highest BCUT2D eigenvalue weighted by atomic mass is 32.2. The van der Waals surface area contributed by atoms with Gasteiger partial charge in [0.15, 0.2) is 0 Å². The zero-order valence-corrected chi connectivity index (χ0v) is 16.3. The monoisotopic (exact) mass is 368 g/mol. The highest BCUT2D eigenvalue weighted by molar-refractivity contribution is 7.90. The first-order chi connectivity index (χ1) is 12.0. The minimum atomic E-state index is -3.13. The van der Waals surface area contributed by atoms with Crippen LogP contribution in [0.3, 0.4) is 0 Å². The van der Waals surface area contributed by atoms with Crippen LogP contribution in [0, 0.1) is 0 Å². The summed E-state index contributed by atoms with van der Waals surface area (Å²) in [5.74, 6) is 0.944. The predicted molar refractivity (Wildman–Crippen MR) is 104 cm³/mol. The molecule has 1 aliphatic rings. The number of sulfonamides is 1. The first-order valence-electron chi connectivity index (χ1n) is 9.46. The fourth-order valence-electron chi connectivity index (χ4n) is 2.92. The van der Waals surface area contributed by atoms with Gasteiger partial charge in [-0.2, -0.15) is 0 Å². The van der Waals surface area contributed by atoms with Crippen LogP contribution >= 0.6 is 0 Å². The smallest absolute Gasteiger partial charge is 0.213 e. The van der Waals surface area contributed by atoms with Crippen molar-refractivity contribution in [1.29, 1.82) is 0 Å². The Morgan fingerprint density at radius 2 is 1.84 bits per heavy atom. The molecule has 0 saturated heterocycles. The highest BCUT2D eigenvalue weighted by Gasteiger charge is 2.16. The zero-order chi connectivity index (χ0) is 18.1. The molecule has 1 aromatic carbocycles. The van der Waals surface area contributed by atoms with Gasteiger partial charge in [-0.05, 0) is 64.5 Å². The number of ether oxygens (including phenoxy) is 1. The van der Waals surface area contributed by atoms with Crippen molar-refractivity contribution in [3.05, 3.63) is 24.3 Å². The third kappa shape index (κ3) is 7.24. The van der Waals surface area contributed by atoms with E-state index < -0.39 is 10.0 Å². The lowest BCUT2D eigenvalue weighted by Crippen LogP contribution is -2.31. The van der Waals surface area contributed by atoms with Gasteiger partial charge in [0.2, 0.25) is 10.0 Å². The Morgan fingerprint density at radius 3 is 2.56 bits per heavy atom. The molecule has 2 rings (SSSR count). The zero-order valence-electron chi connectivity index (χ0n) is 15.5. The highest BCUT2D eigenvalue weighted by Crippen LogP contribution is 2.25. The quantitative estimate of drug-likeness (QED) is 0.581. The third-order valence-electron chi connectivity index (χ3n) is 4.55. The van der Waals surface area contributed by atoms with E-state index >= 15 is 0 Å². The molecule has 0 unspecified atom stereocenters. The van der Waals surface area contributed by atoms with Crippen LogP contribution < -0.4 is 14.8 Å². The van der Waals surface area contributed by atoms with E-state index in [2.05, 4.69) is 22.2 Å². The van der Waals surface area contributed by atoms with Gasteiger partial charge < -0.3 is 10.1 Å². The van der Waals surface area contributed by atoms with Crippen LogP contribution in [0.15, 0.2) is 24.3 Å². The third-order valence-corrected chi connectivity index (χ3v) is 6.39. The van der Waals surface area contributed by atoms with E-state index in [1.54, 1.807) is 13.8 Å². The van der Waals surface area contributed by atoms with Crippen LogP contribution in [-0.2, 0) is 10.0 Å². The Hall–Kier alpha value is -1.27. The van der Waals surface area contributed by atoms with Gasteiger partial charge in [-0.1, -0.05) is 12.5 Å². The van der Waals surface area contributed by atoms with Gasteiger partial charge in [0.1, 0.15) is 5.75 Å². The normalized spacial score (nSPS) is 15.6. The first kappa shape index (κ1) is 20.0. The average molecular weight is 369 g/mol. The van der Waals surface area contributed by atoms with Gasteiger partial charge in [-0.25, -0.2) is 13.1 Å². The number of benzene rings is 1. The largest absolute Gasteiger partial charge is 0.490 e. The van der Waals surface area contributed by atoms with Crippen molar-refractivity contribution in [2.75, 3.05) is 18.4 Å². The summed E-state index contributed by atoms with van der Waals surface area (Å²) in [4.78, 5) is 0. The molecule has 0 heterocycles. The summed E-state index contributed by atoms with van der Waals surface area (Å²) in [7, 11) is -3.13. The fraction of sp³-hybridized carbons (Fsp3) is 0.684. The number of hydrogen-bond donors (Lipinski definition) is 2. The SMILES string of the molecule is CC(C)S(=O)(=O)NCCCCCNc1cccc(OC2CCCC2)c1. The molecule has 5 nitrogen and oxygen atoms in total. The van der Waals surface area contributed by atoms with Crippen LogP contribution in [0.2, 0.25) is 0 Å². The molecule has 2 N–H and O–H groups in total. The van der Waals surface area contributed by atoms with Crippen LogP contribution in [0.5, 0.6) is 5.75 Å². The Morgan fingerprint density at radius 1 is 1.12 bits per heavy atom. The maximum atomic E-state index is 11.6. The Balaban J connectivity index is 1.60. The van der Waals surface area contributed by atoms with E-state index in [0.29, 0.717) is 12.6 Å². The predicted octanol–water partition coefficient (Wildman–Crippen LogP) is 3.92. The summed E-state index contributed by atoms with van der Waals surface area (Å²) in [5, 5.41) is 3.05. The second kappa shape index (κ2) is 10.0. The molecule has 0 spiro atoms. The van der Waals surface area contributed by atoms with E-state index in [1.165, 1.54) is 12.8 Å². The average Bonchev–Trinajstić information content (AvgIpc) is 3.07. The molecule has 0 atom stereocenters. The van der Waals surface area contributed by atoms with Crippen LogP contribution in [0.25, 0.3) is 0 Å². The second-order valence-corrected chi connectivity index (χ2v) is 9.35. The molecule has 1 aliphatic carbocycles. The van der Waals surface area contributed by atoms with Crippen molar-refractivity contribution < 1.29 is 13.2 Å². The van der Waals surface area contributed by atoms with Gasteiger partial charge in [-0.15, -0.1) is 0 Å². The van der Waals surface area contributed by atoms with Gasteiger partial charge >= 0.3 is 0 Å². The lowest BCUT2D eigenvalue weighted by Gasteiger charge is -2.14. The number of anilines is 1. The maximum absolute atomic E-state index is 11.6. The topological polar surface area (TPSA) is 67.4 Å². The van der Waals surface area contributed by atoms with Gasteiger partial charge in [0, 0.05) is 24.8 Å². The molecule has 1 saturated carbocycles. The standard InChI is InChI=1S/C19H32N2O3S/c1-16(2)25(22,23)21-14-7-3-6-13-20-17-9-8-12-19(15-17)24-18-10-4-5-11-18/h8-9,12,15-16,18,20-21H,3-7,10-11,13-14H2,1-2H3. The molecular formula is C19H32N2O3S. The van der Waals surface area contributed by atoms with Crippen molar-refractivity contribution in [1.82, 2.24) is 4.72 Å². The molecule has 25 heavy (non-hydrogen) atoms. The summed E-state index contributed by atoms with van der Waals surface area (Å²) < 4.78 is 31.9. The molecular weight excluding hydrogens is 336 g/mol. The van der Waals surface area contributed by atoms with Crippen LogP contribution in [0.4, 0.5) is 5.69 Å². The lowest BCUT2D eigenvalue weighted by atomic mass is 10.2. The van der Waals surface area contributed by atoms with Gasteiger partial charge in [0.05, 0.1) is 11.4 Å². The summed E-state index contributed by atoms with van der Waals surface area (Å²) in [6.45, 7) is 4.78. The molecule has 0 aromatic heterocycles.